The van der Waals surface area contributed by atoms with E-state index in [0.29, 0.717) is 12.8 Å². The number of nitrogens with zero attached hydrogens (tertiary/aromatic N) is 2. The van der Waals surface area contributed by atoms with Gasteiger partial charge in [-0.15, -0.1) is 0 Å². The fraction of sp³-hybridized carbons (Fsp3) is 0.786. The summed E-state index contributed by atoms with van der Waals surface area (Å²) in [6, 6.07) is 0.849. The van der Waals surface area contributed by atoms with Crippen LogP contribution in [0.1, 0.15) is 39.5 Å². The summed E-state index contributed by atoms with van der Waals surface area (Å²) in [6.07, 6.45) is 2.60. The zero-order chi connectivity index (χ0) is 17.7. The predicted molar refractivity (Wildman–Crippen MR) is 82.8 cm³/mol. The molecule has 1 fully saturated rings. The average molecular weight is 345 g/mol. The molecule has 1 aliphatic rings. The quantitative estimate of drug-likeness (QED) is 0.652. The Hall–Kier alpha value is -1.66. The minimum Gasteiger partial charge on any atom is -0.480 e. The minimum atomic E-state index is -3.94. The van der Waals surface area contributed by atoms with E-state index >= 15 is 0 Å². The maximum atomic E-state index is 12.7. The van der Waals surface area contributed by atoms with Gasteiger partial charge in [-0.1, -0.05) is 12.8 Å². The minimum absolute atomic E-state index is 0.0196. The number of hydrogen-bond donors (Lipinski definition) is 2. The predicted octanol–water partition coefficient (Wildman–Crippen LogP) is 0.311. The molecule has 1 amide bonds. The third kappa shape index (κ3) is 5.18. The van der Waals surface area contributed by atoms with Crippen LogP contribution in [0.4, 0.5) is 0 Å². The highest BCUT2D eigenvalue weighted by Crippen LogP contribution is 2.39. The summed E-state index contributed by atoms with van der Waals surface area (Å²) in [5.74, 6) is -1.97. The Labute approximate surface area is 136 Å². The lowest BCUT2D eigenvalue weighted by Gasteiger charge is -2.29. The van der Waals surface area contributed by atoms with Gasteiger partial charge in [0.15, 0.2) is 0 Å². The van der Waals surface area contributed by atoms with Crippen molar-refractivity contribution in [2.24, 2.45) is 5.41 Å². The number of rotatable bonds is 8. The second kappa shape index (κ2) is 7.75. The molecule has 130 valence electrons. The molecule has 0 aromatic carbocycles. The number of carboxylic acid groups (broad SMARTS) is 1. The first-order chi connectivity index (χ1) is 10.6. The third-order valence-corrected chi connectivity index (χ3v) is 6.24. The number of nitriles is 1. The van der Waals surface area contributed by atoms with Gasteiger partial charge in [0.1, 0.15) is 6.04 Å². The van der Waals surface area contributed by atoms with E-state index in [1.165, 1.54) is 13.8 Å². The van der Waals surface area contributed by atoms with Gasteiger partial charge in [0, 0.05) is 20.0 Å². The highest BCUT2D eigenvalue weighted by atomic mass is 32.2. The van der Waals surface area contributed by atoms with E-state index in [0.717, 1.165) is 17.1 Å². The normalized spacial score (nSPS) is 18.3. The van der Waals surface area contributed by atoms with Crippen molar-refractivity contribution in [2.75, 3.05) is 18.8 Å². The molecule has 2 N–H and O–H groups in total. The van der Waals surface area contributed by atoms with Gasteiger partial charge >= 0.3 is 5.97 Å². The molecule has 0 spiro atoms. The monoisotopic (exact) mass is 345 g/mol. The number of hydrogen-bond acceptors (Lipinski definition) is 5. The zero-order valence-corrected chi connectivity index (χ0v) is 14.2. The molecule has 0 heterocycles. The van der Waals surface area contributed by atoms with E-state index in [2.05, 4.69) is 11.4 Å². The molecule has 0 saturated heterocycles. The van der Waals surface area contributed by atoms with Crippen molar-refractivity contribution in [2.45, 2.75) is 45.6 Å². The molecule has 8 nitrogen and oxygen atoms in total. The molecule has 0 aromatic rings. The molecule has 0 radical (unpaired) electrons. The van der Waals surface area contributed by atoms with Gasteiger partial charge in [0.05, 0.1) is 17.2 Å². The number of carbonyl (C=O) groups is 2. The lowest BCUT2D eigenvalue weighted by atomic mass is 9.91. The van der Waals surface area contributed by atoms with E-state index in [1.54, 1.807) is 0 Å². The summed E-state index contributed by atoms with van der Waals surface area (Å²) < 4.78 is 26.2. The number of carbonyl (C=O) groups excluding carboxylic acids is 1. The molecular weight excluding hydrogens is 322 g/mol. The van der Waals surface area contributed by atoms with Crippen molar-refractivity contribution in [3.8, 4) is 6.07 Å². The van der Waals surface area contributed by atoms with Crippen molar-refractivity contribution in [3.05, 3.63) is 0 Å². The molecule has 1 atom stereocenters. The van der Waals surface area contributed by atoms with Crippen molar-refractivity contribution in [1.82, 2.24) is 9.62 Å². The van der Waals surface area contributed by atoms with Crippen LogP contribution in [-0.4, -0.2) is 54.6 Å². The average Bonchev–Trinajstić information content (AvgIpc) is 2.90. The lowest BCUT2D eigenvalue weighted by Crippen LogP contribution is -2.49. The first-order valence-electron chi connectivity index (χ1n) is 7.51. The Morgan fingerprint density at radius 3 is 2.39 bits per heavy atom. The highest BCUT2D eigenvalue weighted by molar-refractivity contribution is 7.89. The molecule has 0 aliphatic heterocycles. The van der Waals surface area contributed by atoms with Crippen LogP contribution in [0.15, 0.2) is 0 Å². The van der Waals surface area contributed by atoms with Crippen LogP contribution >= 0.6 is 0 Å². The zero-order valence-electron chi connectivity index (χ0n) is 13.4. The van der Waals surface area contributed by atoms with Crippen LogP contribution in [0, 0.1) is 16.7 Å². The van der Waals surface area contributed by atoms with Gasteiger partial charge in [-0.2, -0.15) is 9.57 Å². The van der Waals surface area contributed by atoms with Crippen molar-refractivity contribution < 1.29 is 23.1 Å². The van der Waals surface area contributed by atoms with E-state index in [4.69, 9.17) is 5.11 Å². The summed E-state index contributed by atoms with van der Waals surface area (Å²) in [6.45, 7) is 2.45. The smallest absolute Gasteiger partial charge is 0.321 e. The second-order valence-electron chi connectivity index (χ2n) is 5.96. The number of amides is 1. The van der Waals surface area contributed by atoms with Crippen LogP contribution in [-0.2, 0) is 19.6 Å². The van der Waals surface area contributed by atoms with E-state index in [-0.39, 0.29) is 24.7 Å². The van der Waals surface area contributed by atoms with Crippen molar-refractivity contribution in [3.63, 3.8) is 0 Å². The van der Waals surface area contributed by atoms with Crippen LogP contribution < -0.4 is 5.32 Å². The Kier molecular flexibility index (Phi) is 6.53. The number of sulfonamides is 1. The van der Waals surface area contributed by atoms with Crippen molar-refractivity contribution >= 4 is 21.9 Å². The molecule has 0 aromatic heterocycles. The van der Waals surface area contributed by atoms with E-state index in [9.17, 15) is 23.3 Å². The molecule has 0 bridgehead atoms. The van der Waals surface area contributed by atoms with Gasteiger partial charge in [0.25, 0.3) is 0 Å². The molecular formula is C14H23N3O5S. The molecule has 23 heavy (non-hydrogen) atoms. The SMILES string of the molecule is CC(=O)NCCN(C(C)C(=O)O)S(=O)(=O)CC1(C#N)CCCC1. The van der Waals surface area contributed by atoms with E-state index < -0.39 is 27.4 Å². The lowest BCUT2D eigenvalue weighted by molar-refractivity contribution is -0.140. The Morgan fingerprint density at radius 2 is 1.96 bits per heavy atom. The standard InChI is InChI=1S/C14H23N3O5S/c1-11(13(19)20)17(8-7-16-12(2)18)23(21,22)10-14(9-15)5-3-4-6-14/h11H,3-8,10H2,1-2H3,(H,16,18)(H,19,20). The van der Waals surface area contributed by atoms with Crippen LogP contribution in [0.5, 0.6) is 0 Å². The summed E-state index contributed by atoms with van der Waals surface area (Å²) in [5, 5.41) is 21.0. The summed E-state index contributed by atoms with van der Waals surface area (Å²) in [7, 11) is -3.94. The molecule has 1 rings (SSSR count). The molecule has 9 heteroatoms. The Balaban J connectivity index is 2.96. The van der Waals surface area contributed by atoms with Crippen molar-refractivity contribution in [1.29, 1.82) is 5.26 Å². The summed E-state index contributed by atoms with van der Waals surface area (Å²) in [5.41, 5.74) is -0.941. The summed E-state index contributed by atoms with van der Waals surface area (Å²) in [4.78, 5) is 22.1. The summed E-state index contributed by atoms with van der Waals surface area (Å²) >= 11 is 0. The highest BCUT2D eigenvalue weighted by Gasteiger charge is 2.42. The first kappa shape index (κ1) is 19.4. The van der Waals surface area contributed by atoms with Gasteiger partial charge in [0.2, 0.25) is 15.9 Å². The second-order valence-corrected chi connectivity index (χ2v) is 7.88. The van der Waals surface area contributed by atoms with Crippen LogP contribution in [0.25, 0.3) is 0 Å². The van der Waals surface area contributed by atoms with Gasteiger partial charge < -0.3 is 10.4 Å². The molecule has 1 unspecified atom stereocenters. The fourth-order valence-electron chi connectivity index (χ4n) is 2.81. The topological polar surface area (TPSA) is 128 Å². The number of nitrogens with one attached hydrogen (secondary N) is 1. The van der Waals surface area contributed by atoms with Crippen LogP contribution in [0.3, 0.4) is 0 Å². The molecule has 1 aliphatic carbocycles. The van der Waals surface area contributed by atoms with Gasteiger partial charge in [-0.25, -0.2) is 8.42 Å². The molecule has 1 saturated carbocycles. The largest absolute Gasteiger partial charge is 0.480 e. The van der Waals surface area contributed by atoms with Crippen LogP contribution in [0.2, 0.25) is 0 Å². The Bertz CT molecular complexity index is 590. The third-order valence-electron chi connectivity index (χ3n) is 4.11. The van der Waals surface area contributed by atoms with E-state index in [1.807, 2.05) is 0 Å². The van der Waals surface area contributed by atoms with Gasteiger partial charge in [-0.05, 0) is 19.8 Å². The number of carboxylic acids is 1. The Morgan fingerprint density at radius 1 is 1.39 bits per heavy atom. The maximum absolute atomic E-state index is 12.7. The maximum Gasteiger partial charge on any atom is 0.321 e. The van der Waals surface area contributed by atoms with Gasteiger partial charge in [-0.3, -0.25) is 9.59 Å². The first-order valence-corrected chi connectivity index (χ1v) is 9.12. The number of aliphatic carboxylic acids is 1. The fourth-order valence-corrected chi connectivity index (χ4v) is 4.97.